The Labute approximate surface area is 175 Å². The second kappa shape index (κ2) is 11.7. The molecule has 0 aliphatic carbocycles. The van der Waals surface area contributed by atoms with Crippen molar-refractivity contribution < 1.29 is 28.7 Å². The highest BCUT2D eigenvalue weighted by Crippen LogP contribution is 2.18. The quantitative estimate of drug-likeness (QED) is 0.276. The number of carbonyl (C=O) groups excluding carboxylic acids is 5. The predicted molar refractivity (Wildman–Crippen MR) is 109 cm³/mol. The van der Waals surface area contributed by atoms with Gasteiger partial charge in [0.05, 0.1) is 12.6 Å². The Morgan fingerprint density at radius 2 is 1.73 bits per heavy atom. The van der Waals surface area contributed by atoms with Crippen LogP contribution >= 0.6 is 0 Å². The van der Waals surface area contributed by atoms with Crippen molar-refractivity contribution in [3.63, 3.8) is 0 Å². The van der Waals surface area contributed by atoms with E-state index >= 15 is 0 Å². The molecule has 3 N–H and O–H groups in total. The van der Waals surface area contributed by atoms with Crippen LogP contribution in [0.3, 0.4) is 0 Å². The molecule has 3 amide bonds. The highest BCUT2D eigenvalue weighted by atomic mass is 16.6. The molecule has 2 atom stereocenters. The maximum absolute atomic E-state index is 12.6. The largest absolute Gasteiger partial charge is 0.458 e. The average Bonchev–Trinajstić information content (AvgIpc) is 2.68. The Balaban J connectivity index is 2.78. The SMILES string of the molecule is CCCC(NC=O)C(=O)C(=O)NCC(=O)NC(C(=O)OC(C)(C)C)c1ccccc1. The Morgan fingerprint density at radius 3 is 2.27 bits per heavy atom. The summed E-state index contributed by atoms with van der Waals surface area (Å²) in [6.45, 7) is 6.41. The van der Waals surface area contributed by atoms with Crippen LogP contribution in [-0.2, 0) is 28.7 Å². The number of benzene rings is 1. The van der Waals surface area contributed by atoms with Gasteiger partial charge in [0.25, 0.3) is 5.91 Å². The normalized spacial score (nSPS) is 12.8. The van der Waals surface area contributed by atoms with E-state index in [0.717, 1.165) is 0 Å². The van der Waals surface area contributed by atoms with Crippen molar-refractivity contribution in [2.75, 3.05) is 6.54 Å². The molecule has 30 heavy (non-hydrogen) atoms. The fraction of sp³-hybridized carbons (Fsp3) is 0.476. The van der Waals surface area contributed by atoms with Crippen LogP contribution < -0.4 is 16.0 Å². The van der Waals surface area contributed by atoms with Crippen molar-refractivity contribution in [1.82, 2.24) is 16.0 Å². The summed E-state index contributed by atoms with van der Waals surface area (Å²) in [5.41, 5.74) is -0.240. The first-order valence-corrected chi connectivity index (χ1v) is 9.68. The summed E-state index contributed by atoms with van der Waals surface area (Å²) >= 11 is 0. The lowest BCUT2D eigenvalue weighted by atomic mass is 10.1. The van der Waals surface area contributed by atoms with E-state index in [1.54, 1.807) is 58.0 Å². The Kier molecular flexibility index (Phi) is 9.67. The zero-order chi connectivity index (χ0) is 22.7. The van der Waals surface area contributed by atoms with Gasteiger partial charge < -0.3 is 20.7 Å². The third kappa shape index (κ3) is 8.42. The van der Waals surface area contributed by atoms with Crippen molar-refractivity contribution in [1.29, 1.82) is 0 Å². The van der Waals surface area contributed by atoms with Gasteiger partial charge in [-0.1, -0.05) is 43.7 Å². The number of esters is 1. The van der Waals surface area contributed by atoms with Crippen molar-refractivity contribution in [3.05, 3.63) is 35.9 Å². The minimum Gasteiger partial charge on any atom is -0.458 e. The molecule has 0 aliphatic rings. The maximum atomic E-state index is 12.6. The van der Waals surface area contributed by atoms with Gasteiger partial charge >= 0.3 is 5.97 Å². The van der Waals surface area contributed by atoms with Crippen molar-refractivity contribution in [2.45, 2.75) is 58.2 Å². The van der Waals surface area contributed by atoms with E-state index in [4.69, 9.17) is 4.74 Å². The predicted octanol–water partition coefficient (Wildman–Crippen LogP) is 0.786. The molecule has 0 bridgehead atoms. The average molecular weight is 419 g/mol. The van der Waals surface area contributed by atoms with Gasteiger partial charge in [-0.3, -0.25) is 19.2 Å². The van der Waals surface area contributed by atoms with E-state index in [2.05, 4.69) is 16.0 Å². The van der Waals surface area contributed by atoms with Crippen LogP contribution in [0, 0.1) is 0 Å². The molecule has 0 aromatic heterocycles. The van der Waals surface area contributed by atoms with Crippen molar-refractivity contribution in [3.8, 4) is 0 Å². The van der Waals surface area contributed by atoms with Crippen molar-refractivity contribution in [2.24, 2.45) is 0 Å². The molecule has 0 aliphatic heterocycles. The number of Topliss-reactive ketones (excluding diaryl/α,β-unsaturated/α-hetero) is 1. The maximum Gasteiger partial charge on any atom is 0.333 e. The first-order valence-electron chi connectivity index (χ1n) is 9.68. The molecule has 0 spiro atoms. The monoisotopic (exact) mass is 419 g/mol. The van der Waals surface area contributed by atoms with Gasteiger partial charge in [0.2, 0.25) is 18.1 Å². The van der Waals surface area contributed by atoms with E-state index in [-0.39, 0.29) is 0 Å². The lowest BCUT2D eigenvalue weighted by molar-refractivity contribution is -0.158. The molecule has 0 radical (unpaired) electrons. The van der Waals surface area contributed by atoms with Gasteiger partial charge in [0.1, 0.15) is 5.60 Å². The molecule has 9 heteroatoms. The summed E-state index contributed by atoms with van der Waals surface area (Å²) in [5.74, 6) is -3.16. The highest BCUT2D eigenvalue weighted by molar-refractivity contribution is 6.38. The molecule has 1 aromatic carbocycles. The Hall–Kier alpha value is -3.23. The Bertz CT molecular complexity index is 758. The van der Waals surface area contributed by atoms with Crippen LogP contribution in [0.1, 0.15) is 52.1 Å². The van der Waals surface area contributed by atoms with E-state index in [0.29, 0.717) is 24.8 Å². The van der Waals surface area contributed by atoms with E-state index < -0.39 is 47.8 Å². The Morgan fingerprint density at radius 1 is 1.10 bits per heavy atom. The molecular weight excluding hydrogens is 390 g/mol. The number of amides is 3. The van der Waals surface area contributed by atoms with Crippen LogP contribution in [0.4, 0.5) is 0 Å². The molecule has 1 aromatic rings. The minimum absolute atomic E-state index is 0.298. The number of hydrogen-bond acceptors (Lipinski definition) is 6. The number of rotatable bonds is 11. The van der Waals surface area contributed by atoms with Crippen LogP contribution in [0.5, 0.6) is 0 Å². The first-order chi connectivity index (χ1) is 14.1. The van der Waals surface area contributed by atoms with Gasteiger partial charge in [-0.05, 0) is 32.8 Å². The topological polar surface area (TPSA) is 131 Å². The summed E-state index contributed by atoms with van der Waals surface area (Å²) in [6, 6.07) is 6.50. The number of ether oxygens (including phenoxy) is 1. The fourth-order valence-electron chi connectivity index (χ4n) is 2.56. The molecule has 0 saturated heterocycles. The van der Waals surface area contributed by atoms with Gasteiger partial charge in [-0.25, -0.2) is 4.79 Å². The van der Waals surface area contributed by atoms with E-state index in [1.165, 1.54) is 0 Å². The summed E-state index contributed by atoms with van der Waals surface area (Å²) < 4.78 is 5.37. The van der Waals surface area contributed by atoms with Crippen LogP contribution in [0.25, 0.3) is 0 Å². The number of ketones is 1. The van der Waals surface area contributed by atoms with Gasteiger partial charge in [0.15, 0.2) is 6.04 Å². The van der Waals surface area contributed by atoms with Crippen LogP contribution in [-0.4, -0.2) is 48.2 Å². The van der Waals surface area contributed by atoms with Gasteiger partial charge in [-0.2, -0.15) is 0 Å². The molecule has 0 saturated carbocycles. The molecule has 1 rings (SSSR count). The molecule has 9 nitrogen and oxygen atoms in total. The minimum atomic E-state index is -1.07. The summed E-state index contributed by atoms with van der Waals surface area (Å²) in [7, 11) is 0. The summed E-state index contributed by atoms with van der Waals surface area (Å²) in [4.78, 5) is 59.6. The third-order valence-corrected chi connectivity index (χ3v) is 3.88. The van der Waals surface area contributed by atoms with Crippen LogP contribution in [0.15, 0.2) is 30.3 Å². The number of carbonyl (C=O) groups is 5. The number of hydrogen-bond donors (Lipinski definition) is 3. The molecule has 2 unspecified atom stereocenters. The summed E-state index contributed by atoms with van der Waals surface area (Å²) in [5, 5.41) is 7.02. The van der Waals surface area contributed by atoms with Crippen molar-refractivity contribution >= 4 is 30.0 Å². The lowest BCUT2D eigenvalue weighted by Gasteiger charge is -2.25. The molecule has 164 valence electrons. The second-order valence-electron chi connectivity index (χ2n) is 7.62. The summed E-state index contributed by atoms with van der Waals surface area (Å²) in [6.07, 6.45) is 1.23. The zero-order valence-electron chi connectivity index (χ0n) is 17.7. The van der Waals surface area contributed by atoms with E-state index in [9.17, 15) is 24.0 Å². The third-order valence-electron chi connectivity index (χ3n) is 3.88. The van der Waals surface area contributed by atoms with Crippen LogP contribution in [0.2, 0.25) is 0 Å². The standard InChI is InChI=1S/C21H29N3O6/c1-5-9-15(23-13-25)18(27)19(28)22-12-16(26)24-17(14-10-7-6-8-11-14)20(29)30-21(2,3)4/h6-8,10-11,13,15,17H,5,9,12H2,1-4H3,(H,22,28)(H,23,25)(H,24,26). The van der Waals surface area contributed by atoms with Gasteiger partial charge in [-0.15, -0.1) is 0 Å². The van der Waals surface area contributed by atoms with E-state index in [1.807, 2.05) is 0 Å². The molecule has 0 heterocycles. The highest BCUT2D eigenvalue weighted by Gasteiger charge is 2.29. The van der Waals surface area contributed by atoms with Gasteiger partial charge in [0, 0.05) is 0 Å². The smallest absolute Gasteiger partial charge is 0.333 e. The first kappa shape index (κ1) is 24.8. The molecule has 0 fully saturated rings. The number of nitrogens with one attached hydrogen (secondary N) is 3. The lowest BCUT2D eigenvalue weighted by Crippen LogP contribution is -2.48. The second-order valence-corrected chi connectivity index (χ2v) is 7.62. The molecular formula is C21H29N3O6. The fourth-order valence-corrected chi connectivity index (χ4v) is 2.56. The zero-order valence-corrected chi connectivity index (χ0v) is 17.7.